The fraction of sp³-hybridized carbons (Fsp3) is 0.833. The van der Waals surface area contributed by atoms with Gasteiger partial charge in [0.2, 0.25) is 0 Å². The van der Waals surface area contributed by atoms with Crippen LogP contribution < -0.4 is 0 Å². The van der Waals surface area contributed by atoms with Crippen molar-refractivity contribution in [2.24, 2.45) is 0 Å². The Bertz CT molecular complexity index is 449. The van der Waals surface area contributed by atoms with Crippen molar-refractivity contribution in [1.29, 1.82) is 0 Å². The summed E-state index contributed by atoms with van der Waals surface area (Å²) in [6, 6.07) is 0. The lowest BCUT2D eigenvalue weighted by Gasteiger charge is -2.34. The summed E-state index contributed by atoms with van der Waals surface area (Å²) in [6.45, 7) is 0.467. The summed E-state index contributed by atoms with van der Waals surface area (Å²) < 4.78 is 0. The maximum absolute atomic E-state index is 10.2. The van der Waals surface area contributed by atoms with E-state index in [1.807, 2.05) is 0 Å². The van der Waals surface area contributed by atoms with E-state index in [9.17, 15) is 9.59 Å². The first-order chi connectivity index (χ1) is 11.6. The normalized spacial score (nSPS) is 18.0. The van der Waals surface area contributed by atoms with Crippen LogP contribution in [0, 0.1) is 0 Å². The van der Waals surface area contributed by atoms with Gasteiger partial charge in [-0.05, 0) is 6.42 Å². The lowest BCUT2D eigenvalue weighted by molar-refractivity contribution is -0.371. The summed E-state index contributed by atoms with van der Waals surface area (Å²) in [5.74, 6) is -11.3. The average molecular weight is 392 g/mol. The molecule has 12 N–H and O–H groups in total. The van der Waals surface area contributed by atoms with Gasteiger partial charge in [-0.25, -0.2) is 9.59 Å². The SMILES string of the molecule is CCC(O)C(O)(O)C(O)(O)C(=O)O.O=C(O)C(O)C(O)C(O)C(O)CO. The zero-order chi connectivity index (χ0) is 21.5. The van der Waals surface area contributed by atoms with Gasteiger partial charge in [0.15, 0.2) is 6.10 Å². The quantitative estimate of drug-likeness (QED) is 0.163. The molecule has 5 atom stereocenters. The van der Waals surface area contributed by atoms with Crippen molar-refractivity contribution in [2.45, 2.75) is 55.4 Å². The number of hydrogen-bond acceptors (Lipinski definition) is 12. The standard InChI is InChI=1S/2C6H12O7/c1-2-3(7)5(10,11)6(12,13)4(8)9;7-1-2(8)3(9)4(10)5(11)6(12)13/h3,7,10-13H,2H2,1H3,(H,8,9);2-5,7-11H,1H2,(H,12,13). The highest BCUT2D eigenvalue weighted by molar-refractivity contribution is 5.76. The van der Waals surface area contributed by atoms with Crippen LogP contribution >= 0.6 is 0 Å². The molecule has 14 heteroatoms. The third-order valence-electron chi connectivity index (χ3n) is 3.17. The Hall–Kier alpha value is -1.46. The largest absolute Gasteiger partial charge is 0.479 e. The van der Waals surface area contributed by atoms with Gasteiger partial charge < -0.3 is 61.3 Å². The van der Waals surface area contributed by atoms with Crippen molar-refractivity contribution in [1.82, 2.24) is 0 Å². The van der Waals surface area contributed by atoms with Crippen LogP contribution in [-0.4, -0.2) is 122 Å². The lowest BCUT2D eigenvalue weighted by Crippen LogP contribution is -2.65. The van der Waals surface area contributed by atoms with Crippen molar-refractivity contribution >= 4 is 11.9 Å². The molecule has 0 rings (SSSR count). The van der Waals surface area contributed by atoms with Gasteiger partial charge in [-0.15, -0.1) is 0 Å². The minimum atomic E-state index is -3.80. The van der Waals surface area contributed by atoms with E-state index in [1.165, 1.54) is 6.92 Å². The predicted octanol–water partition coefficient (Wildman–Crippen LogP) is -6.29. The van der Waals surface area contributed by atoms with Crippen molar-refractivity contribution in [3.63, 3.8) is 0 Å². The molecule has 0 radical (unpaired) electrons. The van der Waals surface area contributed by atoms with Gasteiger partial charge in [-0.3, -0.25) is 0 Å². The second-order valence-corrected chi connectivity index (χ2v) is 5.14. The van der Waals surface area contributed by atoms with Gasteiger partial charge in [-0.2, -0.15) is 0 Å². The van der Waals surface area contributed by atoms with Gasteiger partial charge in [-0.1, -0.05) is 6.92 Å². The Morgan fingerprint density at radius 3 is 1.58 bits per heavy atom. The predicted molar refractivity (Wildman–Crippen MR) is 77.0 cm³/mol. The maximum atomic E-state index is 10.2. The Morgan fingerprint density at radius 2 is 1.31 bits per heavy atom. The third kappa shape index (κ3) is 6.69. The van der Waals surface area contributed by atoms with Crippen LogP contribution in [0.5, 0.6) is 0 Å². The van der Waals surface area contributed by atoms with Gasteiger partial charge in [0.05, 0.1) is 6.61 Å². The van der Waals surface area contributed by atoms with Gasteiger partial charge in [0.25, 0.3) is 5.79 Å². The molecule has 5 unspecified atom stereocenters. The van der Waals surface area contributed by atoms with Crippen LogP contribution in [0.4, 0.5) is 0 Å². The van der Waals surface area contributed by atoms with Crippen molar-refractivity contribution < 1.29 is 70.9 Å². The summed E-state index contributed by atoms with van der Waals surface area (Å²) in [5.41, 5.74) is 0. The number of rotatable bonds is 9. The Kier molecular flexibility index (Phi) is 10.9. The first-order valence-electron chi connectivity index (χ1n) is 6.96. The molecule has 0 aliphatic heterocycles. The first kappa shape index (κ1) is 26.8. The molecule has 0 amide bonds. The zero-order valence-corrected chi connectivity index (χ0v) is 13.5. The minimum absolute atomic E-state index is 0.247. The van der Waals surface area contributed by atoms with E-state index in [0.717, 1.165) is 0 Å². The molecule has 156 valence electrons. The molecule has 0 saturated heterocycles. The molecular formula is C12H24O14. The molecule has 26 heavy (non-hydrogen) atoms. The van der Waals surface area contributed by atoms with E-state index in [2.05, 4.69) is 0 Å². The molecule has 0 saturated carbocycles. The van der Waals surface area contributed by atoms with Crippen LogP contribution in [-0.2, 0) is 9.59 Å². The van der Waals surface area contributed by atoms with Crippen LogP contribution in [0.15, 0.2) is 0 Å². The summed E-state index contributed by atoms with van der Waals surface area (Å²) >= 11 is 0. The number of aliphatic carboxylic acids is 2. The lowest BCUT2D eigenvalue weighted by atomic mass is 9.98. The molecule has 0 aromatic rings. The van der Waals surface area contributed by atoms with Crippen LogP contribution in [0.3, 0.4) is 0 Å². The van der Waals surface area contributed by atoms with E-state index in [1.54, 1.807) is 0 Å². The molecular weight excluding hydrogens is 368 g/mol. The van der Waals surface area contributed by atoms with E-state index in [0.29, 0.717) is 0 Å². The van der Waals surface area contributed by atoms with Crippen LogP contribution in [0.25, 0.3) is 0 Å². The van der Waals surface area contributed by atoms with Crippen molar-refractivity contribution in [2.75, 3.05) is 6.61 Å². The summed E-state index contributed by atoms with van der Waals surface area (Å²) in [7, 11) is 0. The van der Waals surface area contributed by atoms with Gasteiger partial charge in [0, 0.05) is 0 Å². The highest BCUT2D eigenvalue weighted by atomic mass is 16.6. The summed E-state index contributed by atoms with van der Waals surface area (Å²) in [5, 5.41) is 104. The van der Waals surface area contributed by atoms with Gasteiger partial charge in [0.1, 0.15) is 24.4 Å². The van der Waals surface area contributed by atoms with Gasteiger partial charge >= 0.3 is 17.7 Å². The first-order valence-corrected chi connectivity index (χ1v) is 6.96. The molecule has 0 heterocycles. The topological polar surface area (TPSA) is 277 Å². The fourth-order valence-electron chi connectivity index (χ4n) is 1.34. The number of aliphatic hydroxyl groups is 10. The van der Waals surface area contributed by atoms with Crippen molar-refractivity contribution in [3.05, 3.63) is 0 Å². The molecule has 0 aliphatic rings. The fourth-order valence-corrected chi connectivity index (χ4v) is 1.34. The average Bonchev–Trinajstić information content (AvgIpc) is 2.57. The van der Waals surface area contributed by atoms with E-state index >= 15 is 0 Å². The maximum Gasteiger partial charge on any atom is 0.370 e. The Morgan fingerprint density at radius 1 is 0.885 bits per heavy atom. The molecule has 14 nitrogen and oxygen atoms in total. The summed E-state index contributed by atoms with van der Waals surface area (Å²) in [4.78, 5) is 20.2. The Balaban J connectivity index is 0. The molecule has 0 aromatic carbocycles. The number of carboxylic acid groups (broad SMARTS) is 2. The van der Waals surface area contributed by atoms with E-state index in [-0.39, 0.29) is 6.42 Å². The third-order valence-corrected chi connectivity index (χ3v) is 3.17. The molecule has 0 aromatic heterocycles. The molecule has 0 fully saturated rings. The number of aliphatic hydroxyl groups excluding tert-OH is 6. The second-order valence-electron chi connectivity index (χ2n) is 5.14. The van der Waals surface area contributed by atoms with Crippen LogP contribution in [0.2, 0.25) is 0 Å². The molecule has 0 bridgehead atoms. The second kappa shape index (κ2) is 10.6. The van der Waals surface area contributed by atoms with Crippen LogP contribution in [0.1, 0.15) is 13.3 Å². The number of hydrogen-bond donors (Lipinski definition) is 12. The number of carboxylic acids is 2. The smallest absolute Gasteiger partial charge is 0.370 e. The van der Waals surface area contributed by atoms with Crippen molar-refractivity contribution in [3.8, 4) is 0 Å². The molecule has 0 spiro atoms. The van der Waals surface area contributed by atoms with E-state index < -0.39 is 60.6 Å². The highest BCUT2D eigenvalue weighted by Crippen LogP contribution is 2.23. The van der Waals surface area contributed by atoms with E-state index in [4.69, 9.17) is 61.3 Å². The number of carbonyl (C=O) groups is 2. The molecule has 0 aliphatic carbocycles. The highest BCUT2D eigenvalue weighted by Gasteiger charge is 2.57. The monoisotopic (exact) mass is 392 g/mol. The summed E-state index contributed by atoms with van der Waals surface area (Å²) in [6.07, 6.45) is -10.1. The Labute approximate surface area is 146 Å². The zero-order valence-electron chi connectivity index (χ0n) is 13.5. The minimum Gasteiger partial charge on any atom is -0.479 e.